The molecule has 7 heteroatoms. The van der Waals surface area contributed by atoms with Crippen LogP contribution in [0.15, 0.2) is 6.33 Å². The fraction of sp³-hybridized carbons (Fsp3) is 0.833. The lowest BCUT2D eigenvalue weighted by Gasteiger charge is -2.02. The molecule has 0 aliphatic heterocycles. The molecule has 0 saturated heterocycles. The van der Waals surface area contributed by atoms with E-state index in [0.29, 0.717) is 6.42 Å². The Morgan fingerprint density at radius 1 is 0.960 bits per heavy atom. The van der Waals surface area contributed by atoms with Gasteiger partial charge in [-0.1, -0.05) is 89.0 Å². The second-order valence-electron chi connectivity index (χ2n) is 6.63. The highest BCUT2D eigenvalue weighted by atomic mass is 16.6. The number of nitro groups is 1. The molecule has 25 heavy (non-hydrogen) atoms. The summed E-state index contributed by atoms with van der Waals surface area (Å²) in [4.78, 5) is 25.1. The second kappa shape index (κ2) is 13.5. The van der Waals surface area contributed by atoms with Gasteiger partial charge in [0.05, 0.1) is 0 Å². The first-order chi connectivity index (χ1) is 12.1. The zero-order valence-electron chi connectivity index (χ0n) is 15.5. The molecule has 1 aromatic rings. The van der Waals surface area contributed by atoms with Gasteiger partial charge in [0, 0.05) is 11.5 Å². The number of aromatic nitrogens is 3. The van der Waals surface area contributed by atoms with Crippen molar-refractivity contribution in [2.45, 2.75) is 96.8 Å². The average molecular weight is 352 g/mol. The molecule has 0 fully saturated rings. The van der Waals surface area contributed by atoms with Crippen molar-refractivity contribution < 1.29 is 9.72 Å². The molecule has 7 nitrogen and oxygen atoms in total. The summed E-state index contributed by atoms with van der Waals surface area (Å²) in [5.41, 5.74) is 0. The maximum atomic E-state index is 11.8. The van der Waals surface area contributed by atoms with E-state index in [-0.39, 0.29) is 5.91 Å². The molecule has 0 unspecified atom stereocenters. The van der Waals surface area contributed by atoms with Gasteiger partial charge in [-0.3, -0.25) is 4.79 Å². The third-order valence-corrected chi connectivity index (χ3v) is 4.39. The van der Waals surface area contributed by atoms with Crippen molar-refractivity contribution in [1.82, 2.24) is 14.8 Å². The summed E-state index contributed by atoms with van der Waals surface area (Å²) in [6, 6.07) is 0. The molecule has 0 aliphatic carbocycles. The molecule has 0 N–H and O–H groups in total. The van der Waals surface area contributed by atoms with Gasteiger partial charge in [0.15, 0.2) is 0 Å². The van der Waals surface area contributed by atoms with Crippen LogP contribution in [0, 0.1) is 10.1 Å². The molecule has 0 bridgehead atoms. The molecule has 0 saturated carbocycles. The van der Waals surface area contributed by atoms with Crippen LogP contribution in [0.1, 0.15) is 102 Å². The minimum absolute atomic E-state index is 0.233. The molecule has 0 aliphatic rings. The monoisotopic (exact) mass is 352 g/mol. The van der Waals surface area contributed by atoms with Gasteiger partial charge >= 0.3 is 5.95 Å². The van der Waals surface area contributed by atoms with Gasteiger partial charge in [0.1, 0.15) is 0 Å². The fourth-order valence-electron chi connectivity index (χ4n) is 2.87. The van der Waals surface area contributed by atoms with E-state index in [1.807, 2.05) is 0 Å². The van der Waals surface area contributed by atoms with Crippen LogP contribution in [0.25, 0.3) is 0 Å². The van der Waals surface area contributed by atoms with E-state index < -0.39 is 10.9 Å². The Morgan fingerprint density at radius 3 is 1.88 bits per heavy atom. The molecule has 1 heterocycles. The first kappa shape index (κ1) is 21.3. The van der Waals surface area contributed by atoms with E-state index in [9.17, 15) is 14.9 Å². The van der Waals surface area contributed by atoms with Gasteiger partial charge in [-0.2, -0.15) is 0 Å². The van der Waals surface area contributed by atoms with Crippen LogP contribution < -0.4 is 0 Å². The highest BCUT2D eigenvalue weighted by Gasteiger charge is 2.17. The lowest BCUT2D eigenvalue weighted by Crippen LogP contribution is -2.11. The van der Waals surface area contributed by atoms with Crippen LogP contribution >= 0.6 is 0 Å². The van der Waals surface area contributed by atoms with E-state index in [1.54, 1.807) is 0 Å². The fourth-order valence-corrected chi connectivity index (χ4v) is 2.87. The van der Waals surface area contributed by atoms with E-state index >= 15 is 0 Å². The normalized spacial score (nSPS) is 10.9. The summed E-state index contributed by atoms with van der Waals surface area (Å²) in [6.07, 6.45) is 17.8. The predicted molar refractivity (Wildman–Crippen MR) is 97.6 cm³/mol. The lowest BCUT2D eigenvalue weighted by molar-refractivity contribution is -0.394. The Bertz CT molecular complexity index is 502. The van der Waals surface area contributed by atoms with E-state index in [0.717, 1.165) is 30.3 Å². The maximum Gasteiger partial charge on any atom is 0.491 e. The summed E-state index contributed by atoms with van der Waals surface area (Å²) in [7, 11) is 0. The van der Waals surface area contributed by atoms with Crippen molar-refractivity contribution in [2.24, 2.45) is 0 Å². The van der Waals surface area contributed by atoms with Crippen LogP contribution in [0.3, 0.4) is 0 Å². The van der Waals surface area contributed by atoms with Gasteiger partial charge in [-0.25, -0.2) is 0 Å². The molecule has 0 aromatic carbocycles. The number of nitrogens with zero attached hydrogens (tertiary/aromatic N) is 4. The summed E-state index contributed by atoms with van der Waals surface area (Å²) in [5.74, 6) is -0.762. The number of hydrogen-bond donors (Lipinski definition) is 0. The van der Waals surface area contributed by atoms with Crippen LogP contribution in [0.4, 0.5) is 5.95 Å². The third-order valence-electron chi connectivity index (χ3n) is 4.39. The molecular weight excluding hydrogens is 320 g/mol. The SMILES string of the molecule is CCCCCCCCCCCCCCCC(=O)n1cnc([N+](=O)[O-])n1. The summed E-state index contributed by atoms with van der Waals surface area (Å²) in [5, 5.41) is 14.0. The van der Waals surface area contributed by atoms with Crippen molar-refractivity contribution in [3.63, 3.8) is 0 Å². The average Bonchev–Trinajstić information content (AvgIpc) is 3.09. The van der Waals surface area contributed by atoms with Crippen molar-refractivity contribution in [3.8, 4) is 0 Å². The van der Waals surface area contributed by atoms with Crippen molar-refractivity contribution >= 4 is 11.9 Å². The highest BCUT2D eigenvalue weighted by Crippen LogP contribution is 2.13. The summed E-state index contributed by atoms with van der Waals surface area (Å²) < 4.78 is 0.971. The van der Waals surface area contributed by atoms with Crippen molar-refractivity contribution in [2.75, 3.05) is 0 Å². The highest BCUT2D eigenvalue weighted by molar-refractivity contribution is 5.77. The van der Waals surface area contributed by atoms with Crippen LogP contribution in [-0.2, 0) is 0 Å². The minimum atomic E-state index is -0.699. The van der Waals surface area contributed by atoms with Crippen LogP contribution in [0.5, 0.6) is 0 Å². The largest absolute Gasteiger partial charge is 0.491 e. The Hall–Kier alpha value is -1.79. The molecule has 1 aromatic heterocycles. The smallest absolute Gasteiger partial charge is 0.390 e. The van der Waals surface area contributed by atoms with E-state index in [4.69, 9.17) is 0 Å². The Kier molecular flexibility index (Phi) is 11.5. The van der Waals surface area contributed by atoms with Gasteiger partial charge < -0.3 is 10.1 Å². The topological polar surface area (TPSA) is 90.9 Å². The molecule has 0 radical (unpaired) electrons. The third kappa shape index (κ3) is 9.94. The number of carbonyl (C=O) groups is 1. The first-order valence-electron chi connectivity index (χ1n) is 9.74. The van der Waals surface area contributed by atoms with Crippen molar-refractivity contribution in [1.29, 1.82) is 0 Å². The number of rotatable bonds is 15. The number of carbonyl (C=O) groups excluding carboxylic acids is 1. The van der Waals surface area contributed by atoms with Gasteiger partial charge in [-0.15, -0.1) is 4.68 Å². The van der Waals surface area contributed by atoms with Gasteiger partial charge in [0.2, 0.25) is 6.33 Å². The van der Waals surface area contributed by atoms with Crippen molar-refractivity contribution in [3.05, 3.63) is 16.4 Å². The summed E-state index contributed by atoms with van der Waals surface area (Å²) in [6.45, 7) is 2.25. The summed E-state index contributed by atoms with van der Waals surface area (Å²) >= 11 is 0. The Labute approximate surface area is 150 Å². The first-order valence-corrected chi connectivity index (χ1v) is 9.74. The van der Waals surface area contributed by atoms with Gasteiger partial charge in [0.25, 0.3) is 5.91 Å². The van der Waals surface area contributed by atoms with E-state index in [1.165, 1.54) is 64.2 Å². The second-order valence-corrected chi connectivity index (χ2v) is 6.63. The molecule has 0 atom stereocenters. The lowest BCUT2D eigenvalue weighted by atomic mass is 10.0. The van der Waals surface area contributed by atoms with E-state index in [2.05, 4.69) is 17.0 Å². The molecule has 0 amide bonds. The molecule has 0 spiro atoms. The van der Waals surface area contributed by atoms with Gasteiger partial charge in [-0.05, 0) is 11.3 Å². The zero-order valence-corrected chi connectivity index (χ0v) is 15.5. The number of unbranched alkanes of at least 4 members (excludes halogenated alkanes) is 12. The number of hydrogen-bond acceptors (Lipinski definition) is 5. The zero-order chi connectivity index (χ0) is 18.3. The van der Waals surface area contributed by atoms with Crippen LogP contribution in [-0.4, -0.2) is 25.6 Å². The van der Waals surface area contributed by atoms with Crippen LogP contribution in [0.2, 0.25) is 0 Å². The Morgan fingerprint density at radius 2 is 1.44 bits per heavy atom. The minimum Gasteiger partial charge on any atom is -0.390 e. The maximum absolute atomic E-state index is 11.8. The molecule has 1 rings (SSSR count). The molecular formula is C18H32N4O3. The Balaban J connectivity index is 1.91. The quantitative estimate of drug-likeness (QED) is 0.242. The standard InChI is InChI=1S/C18H32N4O3/c1-2-3-4-5-6-7-8-9-10-11-12-13-14-15-17(23)21-16-19-18(20-21)22(24)25/h16H,2-15H2,1H3. The molecule has 142 valence electrons. The predicted octanol–water partition coefficient (Wildman–Crippen LogP) is 5.31.